The Kier molecular flexibility index (Phi) is 5.27. The maximum atomic E-state index is 10.8. The van der Waals surface area contributed by atoms with Gasteiger partial charge in [0.15, 0.2) is 0 Å². The molecule has 7 nitrogen and oxygen atoms in total. The summed E-state index contributed by atoms with van der Waals surface area (Å²) in [5, 5.41) is 17.8. The number of hydrogen-bond donors (Lipinski definition) is 1. The number of likely N-dealkylation sites (tertiary alicyclic amines) is 2. The smallest absolute Gasteiger partial charge is 0.317 e. The number of carboxylic acid groups (broad SMARTS) is 1. The fourth-order valence-electron chi connectivity index (χ4n) is 3.79. The zero-order valence-electron chi connectivity index (χ0n) is 13.9. The fourth-order valence-corrected chi connectivity index (χ4v) is 3.79. The number of carbonyl (C=O) groups is 1. The summed E-state index contributed by atoms with van der Waals surface area (Å²) in [5.41, 5.74) is 0. The first-order chi connectivity index (χ1) is 11.2. The van der Waals surface area contributed by atoms with Gasteiger partial charge in [-0.05, 0) is 58.8 Å². The van der Waals surface area contributed by atoms with Crippen LogP contribution in [0, 0.1) is 0 Å². The van der Waals surface area contributed by atoms with Gasteiger partial charge in [0.05, 0.1) is 13.1 Å². The highest BCUT2D eigenvalue weighted by Crippen LogP contribution is 2.27. The zero-order valence-corrected chi connectivity index (χ0v) is 13.9. The minimum absolute atomic E-state index is 0.146. The second-order valence-corrected chi connectivity index (χ2v) is 6.65. The predicted molar refractivity (Wildman–Crippen MR) is 86.3 cm³/mol. The summed E-state index contributed by atoms with van der Waals surface area (Å²) in [5.74, 6) is 1.84. The van der Waals surface area contributed by atoms with Gasteiger partial charge in [-0.1, -0.05) is 0 Å². The zero-order chi connectivity index (χ0) is 16.2. The number of aromatic nitrogens is 3. The van der Waals surface area contributed by atoms with Crippen LogP contribution >= 0.6 is 0 Å². The van der Waals surface area contributed by atoms with E-state index in [9.17, 15) is 4.79 Å². The van der Waals surface area contributed by atoms with Gasteiger partial charge < -0.3 is 9.67 Å². The van der Waals surface area contributed by atoms with E-state index >= 15 is 0 Å². The number of carboxylic acids is 1. The molecule has 2 aliphatic rings. The first kappa shape index (κ1) is 16.4. The highest BCUT2D eigenvalue weighted by Gasteiger charge is 2.27. The average Bonchev–Trinajstić information content (AvgIpc) is 3.17. The second-order valence-electron chi connectivity index (χ2n) is 6.65. The van der Waals surface area contributed by atoms with Crippen LogP contribution in [0.4, 0.5) is 0 Å². The van der Waals surface area contributed by atoms with Crippen molar-refractivity contribution in [1.82, 2.24) is 24.6 Å². The highest BCUT2D eigenvalue weighted by atomic mass is 16.4. The average molecular weight is 321 g/mol. The number of piperidine rings is 1. The van der Waals surface area contributed by atoms with Crippen LogP contribution in [0.1, 0.15) is 50.2 Å². The minimum Gasteiger partial charge on any atom is -0.480 e. The topological polar surface area (TPSA) is 74.5 Å². The second kappa shape index (κ2) is 7.40. The molecule has 2 saturated heterocycles. The lowest BCUT2D eigenvalue weighted by Crippen LogP contribution is -2.37. The Hall–Kier alpha value is -1.47. The van der Waals surface area contributed by atoms with Crippen LogP contribution < -0.4 is 0 Å². The van der Waals surface area contributed by atoms with Gasteiger partial charge in [0.1, 0.15) is 11.6 Å². The molecule has 0 radical (unpaired) electrons. The monoisotopic (exact) mass is 321 g/mol. The van der Waals surface area contributed by atoms with Crippen molar-refractivity contribution in [3.05, 3.63) is 11.6 Å². The maximum absolute atomic E-state index is 10.8. The molecule has 0 aromatic carbocycles. The van der Waals surface area contributed by atoms with E-state index in [0.717, 1.165) is 50.7 Å². The summed E-state index contributed by atoms with van der Waals surface area (Å²) < 4.78 is 2.27. The molecule has 23 heavy (non-hydrogen) atoms. The Balaban J connectivity index is 1.63. The lowest BCUT2D eigenvalue weighted by atomic mass is 9.96. The van der Waals surface area contributed by atoms with Crippen molar-refractivity contribution in [2.75, 3.05) is 32.7 Å². The fraction of sp³-hybridized carbons (Fsp3) is 0.812. The molecule has 0 unspecified atom stereocenters. The Bertz CT molecular complexity index is 531. The van der Waals surface area contributed by atoms with E-state index in [1.165, 1.54) is 25.9 Å². The molecule has 0 saturated carbocycles. The van der Waals surface area contributed by atoms with E-state index in [4.69, 9.17) is 5.11 Å². The van der Waals surface area contributed by atoms with E-state index in [0.29, 0.717) is 5.92 Å². The molecule has 2 fully saturated rings. The van der Waals surface area contributed by atoms with E-state index < -0.39 is 5.97 Å². The maximum Gasteiger partial charge on any atom is 0.317 e. The molecular formula is C16H27N5O2. The van der Waals surface area contributed by atoms with Crippen LogP contribution in [0.3, 0.4) is 0 Å². The third-order valence-electron chi connectivity index (χ3n) is 5.05. The van der Waals surface area contributed by atoms with Crippen LogP contribution in [0.5, 0.6) is 0 Å². The van der Waals surface area contributed by atoms with Crippen molar-refractivity contribution in [3.8, 4) is 0 Å². The summed E-state index contributed by atoms with van der Waals surface area (Å²) >= 11 is 0. The lowest BCUT2D eigenvalue weighted by molar-refractivity contribution is -0.138. The molecule has 0 aliphatic carbocycles. The summed E-state index contributed by atoms with van der Waals surface area (Å²) in [6, 6.07) is 0. The summed E-state index contributed by atoms with van der Waals surface area (Å²) in [7, 11) is 0. The molecular weight excluding hydrogens is 294 g/mol. The van der Waals surface area contributed by atoms with Crippen molar-refractivity contribution < 1.29 is 9.90 Å². The van der Waals surface area contributed by atoms with Crippen molar-refractivity contribution in [1.29, 1.82) is 0 Å². The molecule has 3 heterocycles. The normalized spacial score (nSPS) is 21.1. The van der Waals surface area contributed by atoms with E-state index in [2.05, 4.69) is 26.6 Å². The van der Waals surface area contributed by atoms with Crippen molar-refractivity contribution >= 4 is 5.97 Å². The summed E-state index contributed by atoms with van der Waals surface area (Å²) in [6.07, 6.45) is 4.51. The van der Waals surface area contributed by atoms with Gasteiger partial charge in [0.25, 0.3) is 0 Å². The van der Waals surface area contributed by atoms with Gasteiger partial charge in [-0.3, -0.25) is 14.6 Å². The largest absolute Gasteiger partial charge is 0.480 e. The highest BCUT2D eigenvalue weighted by molar-refractivity contribution is 5.69. The molecule has 0 amide bonds. The molecule has 0 atom stereocenters. The molecule has 7 heteroatoms. The van der Waals surface area contributed by atoms with E-state index in [-0.39, 0.29) is 6.54 Å². The Morgan fingerprint density at radius 3 is 2.43 bits per heavy atom. The Morgan fingerprint density at radius 1 is 1.13 bits per heavy atom. The molecule has 0 bridgehead atoms. The molecule has 1 N–H and O–H groups in total. The van der Waals surface area contributed by atoms with Crippen molar-refractivity contribution in [3.63, 3.8) is 0 Å². The van der Waals surface area contributed by atoms with Gasteiger partial charge in [-0.15, -0.1) is 10.2 Å². The quantitative estimate of drug-likeness (QED) is 0.847. The number of hydrogen-bond acceptors (Lipinski definition) is 5. The standard InChI is InChI=1S/C16H27N5O2/c1-2-21-14(11-19-7-3-4-8-19)17-18-16(21)13-5-9-20(10-6-13)12-15(22)23/h13H,2-12H2,1H3,(H,22,23). The predicted octanol–water partition coefficient (Wildman–Crippen LogP) is 1.16. The molecule has 128 valence electrons. The summed E-state index contributed by atoms with van der Waals surface area (Å²) in [6.45, 7) is 8.09. The summed E-state index contributed by atoms with van der Waals surface area (Å²) in [4.78, 5) is 15.3. The van der Waals surface area contributed by atoms with Crippen LogP contribution in [-0.2, 0) is 17.9 Å². The number of aliphatic carboxylic acids is 1. The van der Waals surface area contributed by atoms with Crippen LogP contribution in [0.15, 0.2) is 0 Å². The number of nitrogens with zero attached hydrogens (tertiary/aromatic N) is 5. The van der Waals surface area contributed by atoms with Crippen LogP contribution in [0.2, 0.25) is 0 Å². The number of rotatable bonds is 6. The van der Waals surface area contributed by atoms with E-state index in [1.54, 1.807) is 0 Å². The van der Waals surface area contributed by atoms with Gasteiger partial charge in [-0.25, -0.2) is 0 Å². The SMILES string of the molecule is CCn1c(CN2CCCC2)nnc1C1CCN(CC(=O)O)CC1. The van der Waals surface area contributed by atoms with Gasteiger partial charge in [0.2, 0.25) is 0 Å². The van der Waals surface area contributed by atoms with Crippen LogP contribution in [-0.4, -0.2) is 68.4 Å². The van der Waals surface area contributed by atoms with E-state index in [1.807, 2.05) is 4.90 Å². The first-order valence-electron chi connectivity index (χ1n) is 8.76. The van der Waals surface area contributed by atoms with Gasteiger partial charge >= 0.3 is 5.97 Å². The van der Waals surface area contributed by atoms with Crippen molar-refractivity contribution in [2.24, 2.45) is 0 Å². The van der Waals surface area contributed by atoms with Gasteiger partial charge in [-0.2, -0.15) is 0 Å². The molecule has 1 aromatic heterocycles. The molecule has 1 aromatic rings. The molecule has 3 rings (SSSR count). The lowest BCUT2D eigenvalue weighted by Gasteiger charge is -2.30. The van der Waals surface area contributed by atoms with Crippen molar-refractivity contribution in [2.45, 2.75) is 51.6 Å². The first-order valence-corrected chi connectivity index (χ1v) is 8.76. The minimum atomic E-state index is -0.743. The third-order valence-corrected chi connectivity index (χ3v) is 5.05. The molecule has 2 aliphatic heterocycles. The Labute approximate surface area is 137 Å². The van der Waals surface area contributed by atoms with Gasteiger partial charge in [0, 0.05) is 12.5 Å². The Morgan fingerprint density at radius 2 is 1.83 bits per heavy atom. The molecule has 0 spiro atoms. The third kappa shape index (κ3) is 3.90. The van der Waals surface area contributed by atoms with Crippen LogP contribution in [0.25, 0.3) is 0 Å².